The fraction of sp³-hybridized carbons (Fsp3) is 0.592. The second-order valence-electron chi connectivity index (χ2n) is 24.9. The monoisotopic (exact) mass is 1140 g/mol. The van der Waals surface area contributed by atoms with Crippen LogP contribution in [0.4, 0.5) is 0 Å². The molecule has 0 bridgehead atoms. The summed E-state index contributed by atoms with van der Waals surface area (Å²) in [6.07, 6.45) is 20.1. The maximum atomic E-state index is 14.5. The highest BCUT2D eigenvalue weighted by atomic mass is 28.4. The number of hydrogen-bond acceptors (Lipinski definition) is 9. The van der Waals surface area contributed by atoms with E-state index in [-0.39, 0.29) is 37.1 Å². The molecule has 0 aliphatic carbocycles. The normalized spacial score (nSPS) is 17.9. The highest BCUT2D eigenvalue weighted by Gasteiger charge is 2.50. The molecule has 0 spiro atoms. The average Bonchev–Trinajstić information content (AvgIpc) is 3.59. The zero-order valence-corrected chi connectivity index (χ0v) is 52.2. The lowest BCUT2D eigenvalue weighted by atomic mass is 9.96. The lowest BCUT2D eigenvalue weighted by Gasteiger charge is -2.45. The smallest absolute Gasteiger partial charge is 0.306 e. The van der Waals surface area contributed by atoms with Crippen molar-refractivity contribution in [3.8, 4) is 0 Å². The molecule has 0 aromatic heterocycles. The van der Waals surface area contributed by atoms with Crippen LogP contribution in [0, 0.1) is 0 Å². The third kappa shape index (κ3) is 22.9. The number of aliphatic hydroxyl groups is 1. The van der Waals surface area contributed by atoms with Gasteiger partial charge < -0.3 is 33.8 Å². The average molecular weight is 1140 g/mol. The van der Waals surface area contributed by atoms with Crippen LogP contribution in [-0.2, 0) is 57.2 Å². The van der Waals surface area contributed by atoms with Crippen LogP contribution in [0.15, 0.2) is 115 Å². The van der Waals surface area contributed by atoms with Crippen molar-refractivity contribution < 1.29 is 42.9 Å². The van der Waals surface area contributed by atoms with Crippen molar-refractivity contribution in [2.45, 2.75) is 263 Å². The maximum absolute atomic E-state index is 14.5. The molecule has 0 radical (unpaired) electrons. The van der Waals surface area contributed by atoms with Gasteiger partial charge >= 0.3 is 11.9 Å². The first-order valence-corrected chi connectivity index (χ1v) is 34.9. The van der Waals surface area contributed by atoms with Crippen molar-refractivity contribution in [2.75, 3.05) is 6.61 Å². The number of rotatable bonds is 39. The molecular weight excluding hydrogens is 1040 g/mol. The first kappa shape index (κ1) is 66.2. The van der Waals surface area contributed by atoms with Gasteiger partial charge in [0.2, 0.25) is 5.91 Å². The quantitative estimate of drug-likeness (QED) is 0.0224. The topological polar surface area (TPSA) is 130 Å². The summed E-state index contributed by atoms with van der Waals surface area (Å²) in [6.45, 7) is 13.2. The summed E-state index contributed by atoms with van der Waals surface area (Å²) in [4.78, 5) is 42.0. The zero-order chi connectivity index (χ0) is 58.4. The van der Waals surface area contributed by atoms with E-state index in [1.54, 1.807) is 0 Å². The summed E-state index contributed by atoms with van der Waals surface area (Å²) >= 11 is 0. The van der Waals surface area contributed by atoms with Crippen molar-refractivity contribution in [1.29, 1.82) is 0 Å². The second kappa shape index (κ2) is 36.0. The largest absolute Gasteiger partial charge is 0.462 e. The van der Waals surface area contributed by atoms with Gasteiger partial charge in [-0.3, -0.25) is 14.4 Å². The Morgan fingerprint density at radius 3 is 1.65 bits per heavy atom. The highest BCUT2D eigenvalue weighted by Crippen LogP contribution is 2.38. The van der Waals surface area contributed by atoms with Gasteiger partial charge in [0, 0.05) is 12.8 Å². The number of ether oxygens (including phenoxy) is 4. The van der Waals surface area contributed by atoms with Gasteiger partial charge in [-0.25, -0.2) is 0 Å². The number of aryl methyl sites for hydroxylation is 2. The van der Waals surface area contributed by atoms with Crippen LogP contribution >= 0.6 is 0 Å². The number of amides is 1. The van der Waals surface area contributed by atoms with E-state index < -0.39 is 56.9 Å². The van der Waals surface area contributed by atoms with Crippen LogP contribution in [0.1, 0.15) is 205 Å². The molecule has 2 N–H and O–H groups in total. The number of fused-ring (bicyclic) bond motifs is 2. The van der Waals surface area contributed by atoms with Gasteiger partial charge in [-0.1, -0.05) is 246 Å². The molecule has 1 saturated heterocycles. The Hall–Kier alpha value is -4.91. The third-order valence-corrected chi connectivity index (χ3v) is 21.7. The molecular formula is C71H103NO9Si. The second-order valence-corrected chi connectivity index (χ2v) is 29.7. The fourth-order valence-corrected chi connectivity index (χ4v) is 12.2. The lowest BCUT2D eigenvalue weighted by molar-refractivity contribution is -0.276. The van der Waals surface area contributed by atoms with Crippen molar-refractivity contribution in [2.24, 2.45) is 0 Å². The highest BCUT2D eigenvalue weighted by molar-refractivity contribution is 6.74. The van der Waals surface area contributed by atoms with Crippen molar-refractivity contribution in [3.05, 3.63) is 132 Å². The molecule has 11 heteroatoms. The molecule has 1 heterocycles. The molecule has 450 valence electrons. The van der Waals surface area contributed by atoms with Crippen LogP contribution in [-0.4, -0.2) is 74.6 Å². The van der Waals surface area contributed by atoms with E-state index in [9.17, 15) is 19.5 Å². The predicted octanol–water partition coefficient (Wildman–Crippen LogP) is 17.2. The SMILES string of the molecule is CCCCCCCCCCC[C@@H](CC(=O)N[C@H]1[C@H](OCc2ccccc2)O[C@H](CO[Si](C)(C)C(C)(C)C)[C@@H](O)[C@@H]1OC(=O)CCCCCCCCc1cccc2ccccc12)OC(=O)CCCCCCCCc1cccc2ccccc12. The first-order chi connectivity index (χ1) is 39.7. The molecule has 82 heavy (non-hydrogen) atoms. The van der Waals surface area contributed by atoms with Gasteiger partial charge in [-0.05, 0) is 108 Å². The molecule has 10 nitrogen and oxygen atoms in total. The van der Waals surface area contributed by atoms with E-state index in [0.717, 1.165) is 108 Å². The Kier molecular flexibility index (Phi) is 29.1. The third-order valence-electron chi connectivity index (χ3n) is 17.2. The maximum Gasteiger partial charge on any atom is 0.306 e. The number of hydrogen-bond donors (Lipinski definition) is 2. The van der Waals surface area contributed by atoms with Crippen molar-refractivity contribution in [3.63, 3.8) is 0 Å². The van der Waals surface area contributed by atoms with Gasteiger partial charge in [0.25, 0.3) is 0 Å². The summed E-state index contributed by atoms with van der Waals surface area (Å²) < 4.78 is 32.2. The summed E-state index contributed by atoms with van der Waals surface area (Å²) in [5, 5.41) is 20.5. The minimum Gasteiger partial charge on any atom is -0.462 e. The number of benzene rings is 5. The molecule has 6 atom stereocenters. The van der Waals surface area contributed by atoms with Gasteiger partial charge in [-0.15, -0.1) is 0 Å². The van der Waals surface area contributed by atoms with E-state index in [4.69, 9.17) is 23.4 Å². The lowest BCUT2D eigenvalue weighted by Crippen LogP contribution is -2.66. The predicted molar refractivity (Wildman–Crippen MR) is 337 cm³/mol. The summed E-state index contributed by atoms with van der Waals surface area (Å²) in [5.41, 5.74) is 3.68. The number of carbonyl (C=O) groups excluding carboxylic acids is 3. The molecule has 5 aromatic carbocycles. The van der Waals surface area contributed by atoms with Gasteiger partial charge in [-0.2, -0.15) is 0 Å². The minimum atomic E-state index is -2.32. The number of unbranched alkanes of at least 4 members (excludes halogenated alkanes) is 18. The molecule has 6 rings (SSSR count). The summed E-state index contributed by atoms with van der Waals surface area (Å²) in [5.74, 6) is -1.14. The molecule has 1 aliphatic heterocycles. The Morgan fingerprint density at radius 1 is 0.598 bits per heavy atom. The van der Waals surface area contributed by atoms with Gasteiger partial charge in [0.1, 0.15) is 24.4 Å². The zero-order valence-electron chi connectivity index (χ0n) is 51.2. The Bertz CT molecular complexity index is 2610. The van der Waals surface area contributed by atoms with Gasteiger partial charge in [0.15, 0.2) is 20.7 Å². The number of aliphatic hydroxyl groups excluding tert-OH is 1. The van der Waals surface area contributed by atoms with Crippen LogP contribution in [0.25, 0.3) is 21.5 Å². The Morgan fingerprint density at radius 2 is 1.09 bits per heavy atom. The van der Waals surface area contributed by atoms with Crippen molar-refractivity contribution in [1.82, 2.24) is 5.32 Å². The summed E-state index contributed by atoms with van der Waals surface area (Å²) in [6, 6.07) is 38.9. The number of esters is 2. The van der Waals surface area contributed by atoms with Crippen LogP contribution in [0.2, 0.25) is 18.1 Å². The van der Waals surface area contributed by atoms with Crippen LogP contribution < -0.4 is 5.32 Å². The molecule has 1 amide bonds. The first-order valence-electron chi connectivity index (χ1n) is 32.0. The molecule has 0 saturated carbocycles. The Balaban J connectivity index is 1.07. The van der Waals surface area contributed by atoms with E-state index in [0.29, 0.717) is 19.3 Å². The van der Waals surface area contributed by atoms with E-state index in [1.165, 1.54) is 71.2 Å². The summed E-state index contributed by atoms with van der Waals surface area (Å²) in [7, 11) is -2.32. The Labute approximate surface area is 494 Å². The number of nitrogens with one attached hydrogen (secondary N) is 1. The molecule has 1 aliphatic rings. The van der Waals surface area contributed by atoms with E-state index in [2.05, 4.69) is 131 Å². The van der Waals surface area contributed by atoms with Crippen LogP contribution in [0.5, 0.6) is 0 Å². The molecule has 1 fully saturated rings. The van der Waals surface area contributed by atoms with Gasteiger partial charge in [0.05, 0.1) is 19.6 Å². The molecule has 0 unspecified atom stereocenters. The standard InChI is InChI=1S/C71H103NO9Si/c1-7-8-9-10-11-12-13-20-28-47-60(79-65(74)50-29-21-16-14-18-26-39-56-43-35-45-58-41-31-33-48-61(56)58)52-64(73)72-67-69(81-66(75)51-30-22-17-15-19-27-40-57-44-36-46-59-42-32-34-49-62(57)59)68(76)63(54-78-82(5,6)71(2,3)4)80-70(67)77-53-55-37-24-23-25-38-55/h23-25,31-38,41-46,48-49,60,63,67-70,76H,7-22,26-30,39-40,47,50-54H2,1-6H3,(H,72,73)/t60-,63+,67+,68+,69+,70+/m0/s1. The van der Waals surface area contributed by atoms with Crippen LogP contribution in [0.3, 0.4) is 0 Å². The number of carbonyl (C=O) groups is 3. The van der Waals surface area contributed by atoms with E-state index >= 15 is 0 Å². The fourth-order valence-electron chi connectivity index (χ4n) is 11.1. The molecule has 5 aromatic rings. The van der Waals surface area contributed by atoms with Crippen molar-refractivity contribution >= 4 is 47.7 Å². The van der Waals surface area contributed by atoms with E-state index in [1.807, 2.05) is 30.3 Å². The minimum absolute atomic E-state index is 0.0563.